The van der Waals surface area contributed by atoms with Gasteiger partial charge in [-0.15, -0.1) is 0 Å². The average molecular weight is 1450 g/mol. The monoisotopic (exact) mass is 1450 g/mol. The van der Waals surface area contributed by atoms with Crippen molar-refractivity contribution < 1.29 is 8.83 Å². The Morgan fingerprint density at radius 1 is 0.149 bits per heavy atom. The van der Waals surface area contributed by atoms with Crippen molar-refractivity contribution >= 4 is 131 Å². The van der Waals surface area contributed by atoms with Crippen LogP contribution in [0.15, 0.2) is 421 Å². The lowest BCUT2D eigenvalue weighted by Gasteiger charge is -2.15. The topological polar surface area (TPSA) is 46.0 Å². The molecule has 0 aliphatic carbocycles. The highest BCUT2D eigenvalue weighted by Crippen LogP contribution is 2.46. The summed E-state index contributed by atoms with van der Waals surface area (Å²) < 4.78 is 22.2. The van der Waals surface area contributed by atoms with Crippen molar-refractivity contribution in [2.24, 2.45) is 0 Å². The molecular weight excluding hydrogens is 1390 g/mol. The highest BCUT2D eigenvalue weighted by molar-refractivity contribution is 6.18. The first-order valence-electron chi connectivity index (χ1n) is 39.0. The Bertz CT molecular complexity index is 8000. The van der Waals surface area contributed by atoms with E-state index in [4.69, 9.17) is 8.83 Å². The summed E-state index contributed by atoms with van der Waals surface area (Å²) in [6, 6.07) is 149. The predicted octanol–water partition coefficient (Wildman–Crippen LogP) is 29.6. The van der Waals surface area contributed by atoms with E-state index in [1.165, 1.54) is 137 Å². The van der Waals surface area contributed by atoms with E-state index in [2.05, 4.69) is 413 Å². The maximum Gasteiger partial charge on any atom is 0.136 e. The molecule has 24 rings (SSSR count). The van der Waals surface area contributed by atoms with E-state index in [1.807, 2.05) is 18.2 Å². The maximum absolute atomic E-state index is 6.33. The third kappa shape index (κ3) is 10.4. The largest absolute Gasteiger partial charge is 0.456 e. The van der Waals surface area contributed by atoms with Gasteiger partial charge in [-0.2, -0.15) is 0 Å². The Morgan fingerprint density at radius 2 is 0.430 bits per heavy atom. The normalized spacial score (nSPS) is 11.9. The van der Waals surface area contributed by atoms with Crippen molar-refractivity contribution in [3.05, 3.63) is 413 Å². The highest BCUT2D eigenvalue weighted by Gasteiger charge is 2.23. The molecule has 114 heavy (non-hydrogen) atoms. The number of benzene rings is 18. The fourth-order valence-corrected chi connectivity index (χ4v) is 18.3. The Labute approximate surface area is 656 Å². The Kier molecular flexibility index (Phi) is 14.9. The molecule has 0 aliphatic rings. The molecule has 6 nitrogen and oxygen atoms in total. The Morgan fingerprint density at radius 3 is 0.868 bits per heavy atom. The first kappa shape index (κ1) is 64.7. The van der Waals surface area contributed by atoms with Gasteiger partial charge in [-0.05, 0) is 201 Å². The number of furan rings is 2. The Hall–Kier alpha value is -15.2. The van der Waals surface area contributed by atoms with Gasteiger partial charge in [0.15, 0.2) is 0 Å². The minimum atomic E-state index is 0.899. The van der Waals surface area contributed by atoms with Crippen LogP contribution in [-0.2, 0) is 0 Å². The zero-order chi connectivity index (χ0) is 74.9. The lowest BCUT2D eigenvalue weighted by molar-refractivity contribution is 0.668. The SMILES string of the molecule is c1ccc(-c2cccc(-n3c4ccccc4c4cc(-c5ccc6c(c5)c5ccccc5n6-c5cccc(-c6cccc7oc8ccccc8c67)c5)ccc43)c2)cc1.c1ccc(-c2cccc(-n3c4ccccc4c4cc(-c5ccc6c(c5)c5ccccc5n6-c5ccccc5-c5cccc6oc7ccccc7c56)ccc43)c2)cc1. The van der Waals surface area contributed by atoms with Crippen LogP contribution in [-0.4, -0.2) is 18.3 Å². The number of fused-ring (bicyclic) bond motifs is 18. The molecule has 0 atom stereocenters. The quantitative estimate of drug-likeness (QED) is 0.137. The summed E-state index contributed by atoms with van der Waals surface area (Å²) in [7, 11) is 0. The molecule has 0 amide bonds. The van der Waals surface area contributed by atoms with Crippen molar-refractivity contribution in [1.29, 1.82) is 0 Å². The van der Waals surface area contributed by atoms with Gasteiger partial charge in [0.05, 0.1) is 49.8 Å². The predicted molar refractivity (Wildman–Crippen MR) is 477 cm³/mol. The number of para-hydroxylation sites is 7. The molecule has 18 aromatic carbocycles. The molecule has 6 heteroatoms. The minimum Gasteiger partial charge on any atom is -0.456 e. The van der Waals surface area contributed by atoms with E-state index in [0.717, 1.165) is 83.3 Å². The molecule has 0 aliphatic heterocycles. The molecule has 0 saturated heterocycles. The van der Waals surface area contributed by atoms with Gasteiger partial charge in [-0.3, -0.25) is 0 Å². The van der Waals surface area contributed by atoms with E-state index in [0.29, 0.717) is 0 Å². The van der Waals surface area contributed by atoms with Gasteiger partial charge >= 0.3 is 0 Å². The number of nitrogens with zero attached hydrogens (tertiary/aromatic N) is 4. The van der Waals surface area contributed by atoms with E-state index >= 15 is 0 Å². The van der Waals surface area contributed by atoms with Gasteiger partial charge in [-0.1, -0.05) is 273 Å². The molecule has 6 heterocycles. The molecular formula is C108H68N4O2. The van der Waals surface area contributed by atoms with Gasteiger partial charge in [0.1, 0.15) is 22.3 Å². The number of hydrogen-bond donors (Lipinski definition) is 0. The van der Waals surface area contributed by atoms with Gasteiger partial charge in [-0.25, -0.2) is 0 Å². The second-order valence-electron chi connectivity index (χ2n) is 29.8. The first-order valence-corrected chi connectivity index (χ1v) is 39.0. The summed E-state index contributed by atoms with van der Waals surface area (Å²) in [6.45, 7) is 0. The minimum absolute atomic E-state index is 0.899. The van der Waals surface area contributed by atoms with Crippen LogP contribution in [0.1, 0.15) is 0 Å². The van der Waals surface area contributed by atoms with Crippen LogP contribution < -0.4 is 0 Å². The van der Waals surface area contributed by atoms with Crippen LogP contribution in [0.2, 0.25) is 0 Å². The average Bonchev–Trinajstić information content (AvgIpc) is 1.59. The van der Waals surface area contributed by atoms with Gasteiger partial charge < -0.3 is 27.1 Å². The summed E-state index contributed by atoms with van der Waals surface area (Å²) in [4.78, 5) is 0. The number of hydrogen-bond acceptors (Lipinski definition) is 2. The fraction of sp³-hybridized carbons (Fsp3) is 0. The van der Waals surface area contributed by atoms with E-state index in [-0.39, 0.29) is 0 Å². The number of aromatic nitrogens is 4. The van der Waals surface area contributed by atoms with Crippen LogP contribution >= 0.6 is 0 Å². The molecule has 0 bridgehead atoms. The summed E-state index contributed by atoms with van der Waals surface area (Å²) >= 11 is 0. The smallest absolute Gasteiger partial charge is 0.136 e. The number of rotatable bonds is 10. The van der Waals surface area contributed by atoms with Crippen molar-refractivity contribution in [1.82, 2.24) is 18.3 Å². The molecule has 0 unspecified atom stereocenters. The lowest BCUT2D eigenvalue weighted by atomic mass is 9.97. The summed E-state index contributed by atoms with van der Waals surface area (Å²) in [5.74, 6) is 0. The standard InChI is InChI=1S/2C54H34N2O/c1-2-14-35(15-3-1)36-16-12-17-39(32-36)55-47-23-8-5-19-41(47)45-33-37(28-30-50(45)55)38-29-31-51-46(34-38)42-20-6-10-25-49(42)56(51)48-24-9-4-18-40(48)43-22-13-27-53-54(43)44-21-7-11-26-52(44)57-53;1-2-13-35(14-3-1)36-15-10-17-40(31-36)55-48-23-7-4-19-43(48)46-33-37(27-29-50(46)55)38-28-30-51-47(34-38)44-20-5-8-24-49(44)56(51)41-18-11-16-39(32-41)42-22-12-26-53-54(42)45-21-6-9-25-52(45)57-53/h2*1-34H. The van der Waals surface area contributed by atoms with Crippen molar-refractivity contribution in [3.8, 4) is 89.5 Å². The van der Waals surface area contributed by atoms with Crippen molar-refractivity contribution in [3.63, 3.8) is 0 Å². The van der Waals surface area contributed by atoms with Crippen LogP contribution in [0.4, 0.5) is 0 Å². The van der Waals surface area contributed by atoms with Crippen LogP contribution in [0.5, 0.6) is 0 Å². The molecule has 0 saturated carbocycles. The molecule has 24 aromatic rings. The van der Waals surface area contributed by atoms with Crippen molar-refractivity contribution in [2.45, 2.75) is 0 Å². The van der Waals surface area contributed by atoms with E-state index < -0.39 is 0 Å². The molecule has 0 radical (unpaired) electrons. The third-order valence-electron chi connectivity index (χ3n) is 23.4. The van der Waals surface area contributed by atoms with Crippen LogP contribution in [0.25, 0.3) is 221 Å². The highest BCUT2D eigenvalue weighted by atomic mass is 16.3. The summed E-state index contributed by atoms with van der Waals surface area (Å²) in [5.41, 5.74) is 32.0. The molecule has 0 N–H and O–H groups in total. The van der Waals surface area contributed by atoms with Crippen LogP contribution in [0, 0.1) is 0 Å². The lowest BCUT2D eigenvalue weighted by Crippen LogP contribution is -1.97. The maximum atomic E-state index is 6.33. The zero-order valence-corrected chi connectivity index (χ0v) is 61.9. The van der Waals surface area contributed by atoms with Gasteiger partial charge in [0, 0.05) is 87.3 Å². The molecule has 6 aromatic heterocycles. The second-order valence-corrected chi connectivity index (χ2v) is 29.8. The van der Waals surface area contributed by atoms with Crippen LogP contribution in [0.3, 0.4) is 0 Å². The van der Waals surface area contributed by atoms with E-state index in [9.17, 15) is 0 Å². The molecule has 0 fully saturated rings. The van der Waals surface area contributed by atoms with Gasteiger partial charge in [0.25, 0.3) is 0 Å². The van der Waals surface area contributed by atoms with E-state index in [1.54, 1.807) is 0 Å². The zero-order valence-electron chi connectivity index (χ0n) is 61.9. The second kappa shape index (κ2) is 26.2. The summed E-state index contributed by atoms with van der Waals surface area (Å²) in [5, 5.41) is 14.5. The molecule has 532 valence electrons. The Balaban J connectivity index is 0.000000135. The molecule has 0 spiro atoms. The first-order chi connectivity index (χ1) is 56.5. The van der Waals surface area contributed by atoms with Gasteiger partial charge in [0.2, 0.25) is 0 Å². The summed E-state index contributed by atoms with van der Waals surface area (Å²) in [6.07, 6.45) is 0. The fourth-order valence-electron chi connectivity index (χ4n) is 18.3. The third-order valence-corrected chi connectivity index (χ3v) is 23.4. The van der Waals surface area contributed by atoms with Crippen molar-refractivity contribution in [2.75, 3.05) is 0 Å².